The van der Waals surface area contributed by atoms with E-state index in [2.05, 4.69) is 19.2 Å². The molecule has 1 aliphatic rings. The number of sulfonamides is 1. The molecular formula is C24H32N2O4S. The van der Waals surface area contributed by atoms with Crippen LogP contribution in [0.2, 0.25) is 0 Å². The average molecular weight is 445 g/mol. The summed E-state index contributed by atoms with van der Waals surface area (Å²) in [6.07, 6.45) is 3.18. The third-order valence-corrected chi connectivity index (χ3v) is 8.02. The predicted molar refractivity (Wildman–Crippen MR) is 121 cm³/mol. The molecule has 0 saturated carbocycles. The van der Waals surface area contributed by atoms with Gasteiger partial charge < -0.3 is 10.1 Å². The van der Waals surface area contributed by atoms with Crippen LogP contribution in [0.5, 0.6) is 5.75 Å². The summed E-state index contributed by atoms with van der Waals surface area (Å²) in [6.45, 7) is 4.50. The predicted octanol–water partition coefficient (Wildman–Crippen LogP) is 4.29. The second-order valence-electron chi connectivity index (χ2n) is 8.10. The molecule has 2 aromatic carbocycles. The molecule has 31 heavy (non-hydrogen) atoms. The zero-order valence-corrected chi connectivity index (χ0v) is 19.3. The van der Waals surface area contributed by atoms with Crippen molar-refractivity contribution in [2.45, 2.75) is 62.5 Å². The summed E-state index contributed by atoms with van der Waals surface area (Å²) in [6, 6.07) is 16.1. The van der Waals surface area contributed by atoms with Gasteiger partial charge in [0, 0.05) is 32.0 Å². The monoisotopic (exact) mass is 444 g/mol. The van der Waals surface area contributed by atoms with E-state index in [0.29, 0.717) is 6.42 Å². The number of hydrogen-bond acceptors (Lipinski definition) is 4. The minimum Gasteiger partial charge on any atom is -0.487 e. The van der Waals surface area contributed by atoms with Gasteiger partial charge in [0.25, 0.3) is 0 Å². The van der Waals surface area contributed by atoms with Crippen LogP contribution in [0, 0.1) is 0 Å². The molecule has 1 unspecified atom stereocenters. The molecule has 168 valence electrons. The van der Waals surface area contributed by atoms with Gasteiger partial charge in [-0.1, -0.05) is 50.2 Å². The van der Waals surface area contributed by atoms with Crippen LogP contribution in [0.1, 0.15) is 57.6 Å². The topological polar surface area (TPSA) is 75.7 Å². The third kappa shape index (κ3) is 5.28. The first-order valence-electron chi connectivity index (χ1n) is 10.9. The van der Waals surface area contributed by atoms with Crippen molar-refractivity contribution >= 4 is 15.9 Å². The summed E-state index contributed by atoms with van der Waals surface area (Å²) in [5, 5.41) is 3.16. The Hall–Kier alpha value is -2.38. The number of amides is 1. The van der Waals surface area contributed by atoms with Crippen molar-refractivity contribution < 1.29 is 17.9 Å². The van der Waals surface area contributed by atoms with Gasteiger partial charge >= 0.3 is 0 Å². The van der Waals surface area contributed by atoms with Gasteiger partial charge in [0.2, 0.25) is 15.9 Å². The Morgan fingerprint density at radius 3 is 2.42 bits per heavy atom. The molecule has 0 fully saturated rings. The summed E-state index contributed by atoms with van der Waals surface area (Å²) >= 11 is 0. The lowest BCUT2D eigenvalue weighted by molar-refractivity contribution is -0.122. The minimum absolute atomic E-state index is 0.0756. The van der Waals surface area contributed by atoms with Crippen molar-refractivity contribution in [2.24, 2.45) is 0 Å². The molecule has 1 aliphatic heterocycles. The third-order valence-electron chi connectivity index (χ3n) is 6.15. The molecule has 6 nitrogen and oxygen atoms in total. The summed E-state index contributed by atoms with van der Waals surface area (Å²) in [5.41, 5.74) is 0.716. The molecule has 2 aromatic rings. The summed E-state index contributed by atoms with van der Waals surface area (Å²) in [5.74, 6) is 0.754. The maximum absolute atomic E-state index is 12.7. The highest BCUT2D eigenvalue weighted by molar-refractivity contribution is 7.89. The lowest BCUT2D eigenvalue weighted by Crippen LogP contribution is -2.44. The molecule has 1 atom stereocenters. The molecule has 0 radical (unpaired) electrons. The Kier molecular flexibility index (Phi) is 7.38. The Morgan fingerprint density at radius 2 is 1.74 bits per heavy atom. The van der Waals surface area contributed by atoms with Crippen LogP contribution in [0.15, 0.2) is 59.5 Å². The van der Waals surface area contributed by atoms with Crippen LogP contribution in [-0.4, -0.2) is 37.8 Å². The first-order valence-corrected chi connectivity index (χ1v) is 12.3. The Labute approximate surface area is 185 Å². The zero-order valence-electron chi connectivity index (χ0n) is 18.5. The fraction of sp³-hybridized carbons (Fsp3) is 0.458. The normalized spacial score (nSPS) is 17.6. The van der Waals surface area contributed by atoms with Crippen molar-refractivity contribution in [3.8, 4) is 5.75 Å². The number of para-hydroxylation sites is 1. The number of benzene rings is 2. The second-order valence-corrected chi connectivity index (χ2v) is 10.1. The van der Waals surface area contributed by atoms with E-state index in [1.165, 1.54) is 4.31 Å². The number of ether oxygens (including phenoxy) is 1. The smallest absolute Gasteiger partial charge is 0.242 e. The summed E-state index contributed by atoms with van der Waals surface area (Å²) in [7, 11) is -1.99. The van der Waals surface area contributed by atoms with E-state index in [4.69, 9.17) is 4.74 Å². The van der Waals surface area contributed by atoms with Gasteiger partial charge in [0.05, 0.1) is 10.9 Å². The van der Waals surface area contributed by atoms with Gasteiger partial charge in [-0.15, -0.1) is 0 Å². The average Bonchev–Trinajstić information content (AvgIpc) is 2.79. The molecule has 3 rings (SSSR count). The van der Waals surface area contributed by atoms with Crippen LogP contribution in [0.3, 0.4) is 0 Å². The van der Waals surface area contributed by atoms with Crippen molar-refractivity contribution in [3.05, 3.63) is 60.2 Å². The van der Waals surface area contributed by atoms with Gasteiger partial charge in [-0.05, 0) is 37.5 Å². The molecule has 0 aliphatic carbocycles. The minimum atomic E-state index is -3.54. The number of rotatable bonds is 9. The Bertz CT molecular complexity index is 988. The number of hydrogen-bond donors (Lipinski definition) is 1. The van der Waals surface area contributed by atoms with E-state index in [9.17, 15) is 13.2 Å². The van der Waals surface area contributed by atoms with Crippen molar-refractivity contribution in [1.82, 2.24) is 9.62 Å². The quantitative estimate of drug-likeness (QED) is 0.626. The first-order chi connectivity index (χ1) is 14.8. The van der Waals surface area contributed by atoms with E-state index >= 15 is 0 Å². The van der Waals surface area contributed by atoms with E-state index < -0.39 is 10.0 Å². The lowest BCUT2D eigenvalue weighted by atomic mass is 9.83. The molecule has 0 spiro atoms. The summed E-state index contributed by atoms with van der Waals surface area (Å²) in [4.78, 5) is 13.0. The van der Waals surface area contributed by atoms with Gasteiger partial charge in [-0.3, -0.25) is 4.79 Å². The maximum Gasteiger partial charge on any atom is 0.242 e. The number of nitrogens with one attached hydrogen (secondary N) is 1. The highest BCUT2D eigenvalue weighted by atomic mass is 32.2. The number of carbonyl (C=O) groups is 1. The Balaban J connectivity index is 1.59. The molecule has 1 N–H and O–H groups in total. The molecule has 1 heterocycles. The lowest BCUT2D eigenvalue weighted by Gasteiger charge is -2.41. The van der Waals surface area contributed by atoms with Crippen molar-refractivity contribution in [1.29, 1.82) is 0 Å². The number of nitrogens with zero attached hydrogens (tertiary/aromatic N) is 1. The fourth-order valence-corrected chi connectivity index (χ4v) is 5.28. The van der Waals surface area contributed by atoms with Crippen LogP contribution in [0.4, 0.5) is 0 Å². The summed E-state index contributed by atoms with van der Waals surface area (Å²) < 4.78 is 32.8. The largest absolute Gasteiger partial charge is 0.487 e. The van der Waals surface area contributed by atoms with E-state index in [-0.39, 0.29) is 35.4 Å². The van der Waals surface area contributed by atoms with Crippen LogP contribution in [0.25, 0.3) is 0 Å². The highest BCUT2D eigenvalue weighted by Crippen LogP contribution is 2.42. The van der Waals surface area contributed by atoms with Gasteiger partial charge in [0.15, 0.2) is 0 Å². The van der Waals surface area contributed by atoms with Gasteiger partial charge in [0.1, 0.15) is 11.4 Å². The molecule has 0 saturated heterocycles. The zero-order chi connectivity index (χ0) is 22.5. The van der Waals surface area contributed by atoms with Crippen LogP contribution in [-0.2, 0) is 14.8 Å². The molecule has 0 aromatic heterocycles. The molecule has 7 heteroatoms. The second kappa shape index (κ2) is 9.83. The van der Waals surface area contributed by atoms with Crippen molar-refractivity contribution in [2.75, 3.05) is 13.6 Å². The molecule has 0 bridgehead atoms. The highest BCUT2D eigenvalue weighted by Gasteiger charge is 2.38. The number of carbonyl (C=O) groups excluding carboxylic acids is 1. The Morgan fingerprint density at radius 1 is 1.10 bits per heavy atom. The fourth-order valence-electron chi connectivity index (χ4n) is 4.05. The number of fused-ring (bicyclic) bond motifs is 1. The standard InChI is InChI=1S/C24H32N2O4S/c1-4-24(5-2)18-21(20-14-9-10-15-22(20)30-24)25-23(27)16-11-17-26(3)31(28,29)19-12-7-6-8-13-19/h6-10,12-15,21H,4-5,11,16-18H2,1-3H3,(H,25,27). The van der Waals surface area contributed by atoms with Gasteiger partial charge in [-0.25, -0.2) is 12.7 Å². The van der Waals surface area contributed by atoms with Crippen LogP contribution >= 0.6 is 0 Å². The SMILES string of the molecule is CCC1(CC)CC(NC(=O)CCCN(C)S(=O)(=O)c2ccccc2)c2ccccc2O1. The van der Waals surface area contributed by atoms with E-state index in [1.807, 2.05) is 24.3 Å². The molecular weight excluding hydrogens is 412 g/mol. The van der Waals surface area contributed by atoms with Gasteiger partial charge in [-0.2, -0.15) is 0 Å². The van der Waals surface area contributed by atoms with E-state index in [1.54, 1.807) is 37.4 Å². The molecule has 1 amide bonds. The maximum atomic E-state index is 12.7. The van der Waals surface area contributed by atoms with Crippen LogP contribution < -0.4 is 10.1 Å². The van der Waals surface area contributed by atoms with E-state index in [0.717, 1.165) is 30.6 Å². The van der Waals surface area contributed by atoms with Crippen molar-refractivity contribution in [3.63, 3.8) is 0 Å². The first kappa shape index (κ1) is 23.3.